The third-order valence-electron chi connectivity index (χ3n) is 3.69. The van der Waals surface area contributed by atoms with Gasteiger partial charge in [-0.2, -0.15) is 0 Å². The van der Waals surface area contributed by atoms with Crippen LogP contribution in [0.5, 0.6) is 0 Å². The molecule has 0 spiro atoms. The standard InChI is InChI=1S/C14H19FN2O2/c1-10-8-16(2)11(7-14(18)19)9-17(10)13-6-4-3-5-12(13)15/h3-6,10-11H,7-9H2,1-2H3,(H,18,19). The number of carboxylic acids is 1. The molecule has 1 aliphatic heterocycles. The van der Waals surface area contributed by atoms with Crippen molar-refractivity contribution < 1.29 is 14.3 Å². The molecule has 0 saturated carbocycles. The van der Waals surface area contributed by atoms with Gasteiger partial charge in [-0.15, -0.1) is 0 Å². The van der Waals surface area contributed by atoms with E-state index in [0.29, 0.717) is 12.2 Å². The molecule has 1 aliphatic rings. The zero-order valence-corrected chi connectivity index (χ0v) is 11.2. The molecule has 0 aromatic heterocycles. The fourth-order valence-electron chi connectivity index (χ4n) is 2.65. The van der Waals surface area contributed by atoms with Gasteiger partial charge < -0.3 is 10.0 Å². The summed E-state index contributed by atoms with van der Waals surface area (Å²) >= 11 is 0. The summed E-state index contributed by atoms with van der Waals surface area (Å²) in [6, 6.07) is 6.71. The van der Waals surface area contributed by atoms with Crippen LogP contribution in [0.25, 0.3) is 0 Å². The summed E-state index contributed by atoms with van der Waals surface area (Å²) in [4.78, 5) is 14.9. The maximum absolute atomic E-state index is 13.9. The van der Waals surface area contributed by atoms with Crippen molar-refractivity contribution in [3.63, 3.8) is 0 Å². The Bertz CT molecular complexity index is 467. The van der Waals surface area contributed by atoms with E-state index in [4.69, 9.17) is 5.11 Å². The van der Waals surface area contributed by atoms with E-state index in [-0.39, 0.29) is 24.3 Å². The van der Waals surface area contributed by atoms with Gasteiger partial charge in [-0.1, -0.05) is 12.1 Å². The van der Waals surface area contributed by atoms with Gasteiger partial charge in [-0.3, -0.25) is 9.69 Å². The Morgan fingerprint density at radius 1 is 1.42 bits per heavy atom. The topological polar surface area (TPSA) is 43.8 Å². The third kappa shape index (κ3) is 3.04. The molecular formula is C14H19FN2O2. The van der Waals surface area contributed by atoms with Gasteiger partial charge in [0.15, 0.2) is 0 Å². The Kier molecular flexibility index (Phi) is 4.04. The van der Waals surface area contributed by atoms with Gasteiger partial charge in [0.1, 0.15) is 5.82 Å². The first-order chi connectivity index (χ1) is 8.99. The fourth-order valence-corrected chi connectivity index (χ4v) is 2.65. The number of para-hydroxylation sites is 1. The zero-order valence-electron chi connectivity index (χ0n) is 11.2. The number of nitrogens with zero attached hydrogens (tertiary/aromatic N) is 2. The van der Waals surface area contributed by atoms with E-state index in [2.05, 4.69) is 0 Å². The molecule has 104 valence electrons. The molecule has 5 heteroatoms. The number of piperazine rings is 1. The molecular weight excluding hydrogens is 247 g/mol. The minimum Gasteiger partial charge on any atom is -0.481 e. The summed E-state index contributed by atoms with van der Waals surface area (Å²) in [7, 11) is 1.92. The lowest BCUT2D eigenvalue weighted by Crippen LogP contribution is -2.56. The Labute approximate surface area is 112 Å². The Hall–Kier alpha value is -1.62. The van der Waals surface area contributed by atoms with Crippen LogP contribution < -0.4 is 4.90 Å². The first kappa shape index (κ1) is 13.8. The largest absolute Gasteiger partial charge is 0.481 e. The normalized spacial score (nSPS) is 24.5. The molecule has 2 atom stereocenters. The van der Waals surface area contributed by atoms with Gasteiger partial charge in [0.2, 0.25) is 0 Å². The molecule has 2 unspecified atom stereocenters. The molecule has 1 aromatic rings. The summed E-state index contributed by atoms with van der Waals surface area (Å²) in [5, 5.41) is 8.94. The van der Waals surface area contributed by atoms with Crippen LogP contribution in [0.4, 0.5) is 10.1 Å². The second-order valence-electron chi connectivity index (χ2n) is 5.14. The number of carboxylic acid groups (broad SMARTS) is 1. The summed E-state index contributed by atoms with van der Waals surface area (Å²) in [6.45, 7) is 3.29. The molecule has 0 amide bonds. The number of hydrogen-bond donors (Lipinski definition) is 1. The maximum atomic E-state index is 13.9. The molecule has 1 heterocycles. The lowest BCUT2D eigenvalue weighted by molar-refractivity contribution is -0.138. The van der Waals surface area contributed by atoms with Crippen LogP contribution in [0.3, 0.4) is 0 Å². The second-order valence-corrected chi connectivity index (χ2v) is 5.14. The minimum atomic E-state index is -0.820. The van der Waals surface area contributed by atoms with Crippen LogP contribution in [0.2, 0.25) is 0 Å². The van der Waals surface area contributed by atoms with E-state index >= 15 is 0 Å². The highest BCUT2D eigenvalue weighted by Gasteiger charge is 2.31. The number of rotatable bonds is 3. The number of carbonyl (C=O) groups is 1. The molecule has 2 rings (SSSR count). The molecule has 4 nitrogen and oxygen atoms in total. The quantitative estimate of drug-likeness (QED) is 0.906. The number of halogens is 1. The van der Waals surface area contributed by atoms with Crippen LogP contribution in [0, 0.1) is 5.82 Å². The Morgan fingerprint density at radius 3 is 2.74 bits per heavy atom. The van der Waals surface area contributed by atoms with E-state index in [9.17, 15) is 9.18 Å². The van der Waals surface area contributed by atoms with Crippen LogP contribution in [0.15, 0.2) is 24.3 Å². The lowest BCUT2D eigenvalue weighted by Gasteiger charge is -2.44. The number of aliphatic carboxylic acids is 1. The molecule has 1 N–H and O–H groups in total. The summed E-state index contributed by atoms with van der Waals surface area (Å²) in [6.07, 6.45) is 0.0776. The Balaban J connectivity index is 2.20. The van der Waals surface area contributed by atoms with Gasteiger partial charge in [-0.25, -0.2) is 4.39 Å². The molecule has 1 saturated heterocycles. The van der Waals surface area contributed by atoms with E-state index in [0.717, 1.165) is 6.54 Å². The van der Waals surface area contributed by atoms with Gasteiger partial charge in [0.05, 0.1) is 12.1 Å². The van der Waals surface area contributed by atoms with Crippen molar-refractivity contribution in [2.75, 3.05) is 25.0 Å². The summed E-state index contributed by atoms with van der Waals surface area (Å²) < 4.78 is 13.9. The fraction of sp³-hybridized carbons (Fsp3) is 0.500. The molecule has 1 aromatic carbocycles. The minimum absolute atomic E-state index is 0.0776. The van der Waals surface area contributed by atoms with E-state index in [1.54, 1.807) is 18.2 Å². The van der Waals surface area contributed by atoms with E-state index in [1.165, 1.54) is 6.07 Å². The predicted octanol–water partition coefficient (Wildman–Crippen LogP) is 1.81. The number of benzene rings is 1. The van der Waals surface area contributed by atoms with Crippen LogP contribution in [0.1, 0.15) is 13.3 Å². The molecule has 19 heavy (non-hydrogen) atoms. The monoisotopic (exact) mass is 266 g/mol. The predicted molar refractivity (Wildman–Crippen MR) is 71.9 cm³/mol. The lowest BCUT2D eigenvalue weighted by atomic mass is 10.0. The van der Waals surface area contributed by atoms with Gasteiger partial charge >= 0.3 is 5.97 Å². The van der Waals surface area contributed by atoms with Crippen LogP contribution in [-0.4, -0.2) is 48.2 Å². The smallest absolute Gasteiger partial charge is 0.305 e. The average Bonchev–Trinajstić information content (AvgIpc) is 2.33. The SMILES string of the molecule is CC1CN(C)C(CC(=O)O)CN1c1ccccc1F. The molecule has 0 radical (unpaired) electrons. The highest BCUT2D eigenvalue weighted by Crippen LogP contribution is 2.26. The maximum Gasteiger partial charge on any atom is 0.305 e. The highest BCUT2D eigenvalue weighted by atomic mass is 19.1. The molecule has 0 aliphatic carbocycles. The first-order valence-electron chi connectivity index (χ1n) is 6.42. The van der Waals surface area contributed by atoms with Gasteiger partial charge in [0.25, 0.3) is 0 Å². The van der Waals surface area contributed by atoms with Crippen molar-refractivity contribution in [3.8, 4) is 0 Å². The van der Waals surface area contributed by atoms with Crippen molar-refractivity contribution in [1.29, 1.82) is 0 Å². The highest BCUT2D eigenvalue weighted by molar-refractivity contribution is 5.67. The van der Waals surface area contributed by atoms with Crippen molar-refractivity contribution in [2.45, 2.75) is 25.4 Å². The molecule has 1 fully saturated rings. The van der Waals surface area contributed by atoms with Crippen molar-refractivity contribution >= 4 is 11.7 Å². The van der Waals surface area contributed by atoms with Crippen LogP contribution in [-0.2, 0) is 4.79 Å². The summed E-state index contributed by atoms with van der Waals surface area (Å²) in [5.41, 5.74) is 0.554. The Morgan fingerprint density at radius 2 is 2.11 bits per heavy atom. The number of likely N-dealkylation sites (N-methyl/N-ethyl adjacent to an activating group) is 1. The average molecular weight is 266 g/mol. The summed E-state index contributed by atoms with van der Waals surface area (Å²) in [5.74, 6) is -1.08. The number of hydrogen-bond acceptors (Lipinski definition) is 3. The van der Waals surface area contributed by atoms with Crippen molar-refractivity contribution in [3.05, 3.63) is 30.1 Å². The van der Waals surface area contributed by atoms with Gasteiger partial charge in [0, 0.05) is 25.2 Å². The van der Waals surface area contributed by atoms with E-state index < -0.39 is 5.97 Å². The first-order valence-corrected chi connectivity index (χ1v) is 6.42. The third-order valence-corrected chi connectivity index (χ3v) is 3.69. The molecule has 0 bridgehead atoms. The zero-order chi connectivity index (χ0) is 14.0. The van der Waals surface area contributed by atoms with Crippen LogP contribution >= 0.6 is 0 Å². The van der Waals surface area contributed by atoms with Gasteiger partial charge in [-0.05, 0) is 26.1 Å². The van der Waals surface area contributed by atoms with Crippen molar-refractivity contribution in [2.24, 2.45) is 0 Å². The van der Waals surface area contributed by atoms with Crippen molar-refractivity contribution in [1.82, 2.24) is 4.90 Å². The second kappa shape index (κ2) is 5.57. The number of anilines is 1. The van der Waals surface area contributed by atoms with E-state index in [1.807, 2.05) is 23.8 Å².